The number of hydrogen-bond donors (Lipinski definition) is 1. The zero-order chi connectivity index (χ0) is 22.8. The number of nitrogens with zero attached hydrogens (tertiary/aromatic N) is 3. The van der Waals surface area contributed by atoms with Crippen LogP contribution in [-0.4, -0.2) is 26.6 Å². The highest BCUT2D eigenvalue weighted by Crippen LogP contribution is 2.32. The predicted octanol–water partition coefficient (Wildman–Crippen LogP) is 7.19. The number of benzene rings is 3. The molecule has 0 spiro atoms. The molecule has 5 heteroatoms. The van der Waals surface area contributed by atoms with Crippen molar-refractivity contribution in [2.75, 3.05) is 5.75 Å². The number of aromatic nitrogens is 1. The van der Waals surface area contributed by atoms with E-state index in [2.05, 4.69) is 95.4 Å². The van der Waals surface area contributed by atoms with Crippen molar-refractivity contribution in [3.63, 3.8) is 0 Å². The summed E-state index contributed by atoms with van der Waals surface area (Å²) in [6.07, 6.45) is 4.41. The minimum atomic E-state index is 0.142. The normalized spacial score (nSPS) is 13.1. The highest BCUT2D eigenvalue weighted by atomic mass is 32.2. The van der Waals surface area contributed by atoms with Crippen molar-refractivity contribution < 1.29 is 5.11 Å². The molecule has 1 N–H and O–H groups in total. The van der Waals surface area contributed by atoms with Crippen LogP contribution < -0.4 is 0 Å². The van der Waals surface area contributed by atoms with E-state index in [-0.39, 0.29) is 5.76 Å². The standard InChI is InChI=1S/C28H23N3OS/c1-18-9-26(16-29-15-18)24-11-23(22-8-7-20-5-3-4-6-21(20)10-22)12-25(13-24)27-14-28(31-30-27)33-17-19(2)32/h3-13,15-16,32H,2,14,17H2,1H3. The van der Waals surface area contributed by atoms with Crippen LogP contribution in [-0.2, 0) is 0 Å². The molecule has 1 aliphatic heterocycles. The third-order valence-corrected chi connectivity index (χ3v) is 6.60. The third-order valence-electron chi connectivity index (χ3n) is 5.56. The molecular weight excluding hydrogens is 426 g/mol. The molecule has 4 aromatic rings. The van der Waals surface area contributed by atoms with E-state index in [9.17, 15) is 5.11 Å². The van der Waals surface area contributed by atoms with Gasteiger partial charge in [-0.25, -0.2) is 0 Å². The van der Waals surface area contributed by atoms with Gasteiger partial charge in [-0.1, -0.05) is 43.0 Å². The van der Waals surface area contributed by atoms with E-state index in [1.165, 1.54) is 22.5 Å². The van der Waals surface area contributed by atoms with Crippen molar-refractivity contribution in [1.29, 1.82) is 0 Å². The first-order valence-corrected chi connectivity index (χ1v) is 11.7. The molecule has 0 atom stereocenters. The van der Waals surface area contributed by atoms with Crippen LogP contribution in [0.25, 0.3) is 33.0 Å². The van der Waals surface area contributed by atoms with E-state index in [0.717, 1.165) is 44.1 Å². The molecular formula is C28H23N3OS. The van der Waals surface area contributed by atoms with Crippen molar-refractivity contribution in [2.45, 2.75) is 13.3 Å². The van der Waals surface area contributed by atoms with Crippen LogP contribution in [0.4, 0.5) is 0 Å². The lowest BCUT2D eigenvalue weighted by molar-refractivity contribution is 0.420. The molecule has 3 aromatic carbocycles. The fraction of sp³-hybridized carbons (Fsp3) is 0.107. The number of hydrogen-bond acceptors (Lipinski definition) is 5. The number of thioether (sulfide) groups is 1. The largest absolute Gasteiger partial charge is 0.512 e. The Bertz CT molecular complexity index is 1440. The third kappa shape index (κ3) is 4.73. The number of aliphatic hydroxyl groups is 1. The van der Waals surface area contributed by atoms with Gasteiger partial charge in [0.1, 0.15) is 5.04 Å². The Morgan fingerprint density at radius 1 is 0.848 bits per heavy atom. The van der Waals surface area contributed by atoms with E-state index in [0.29, 0.717) is 12.2 Å². The molecule has 0 bridgehead atoms. The van der Waals surface area contributed by atoms with Crippen LogP contribution in [0.5, 0.6) is 0 Å². The van der Waals surface area contributed by atoms with Crippen LogP contribution in [0.15, 0.2) is 102 Å². The summed E-state index contributed by atoms with van der Waals surface area (Å²) in [6.45, 7) is 5.60. The highest BCUT2D eigenvalue weighted by Gasteiger charge is 2.17. The van der Waals surface area contributed by atoms with Crippen LogP contribution in [0, 0.1) is 6.92 Å². The summed E-state index contributed by atoms with van der Waals surface area (Å²) >= 11 is 1.47. The number of aryl methyl sites for hydroxylation is 1. The maximum absolute atomic E-state index is 9.40. The second-order valence-electron chi connectivity index (χ2n) is 8.18. The Hall–Kier alpha value is -3.70. The van der Waals surface area contributed by atoms with Crippen molar-refractivity contribution in [3.05, 3.63) is 103 Å². The summed E-state index contributed by atoms with van der Waals surface area (Å²) in [5.41, 5.74) is 7.54. The summed E-state index contributed by atoms with van der Waals surface area (Å²) in [4.78, 5) is 4.40. The van der Waals surface area contributed by atoms with Crippen LogP contribution in [0.2, 0.25) is 0 Å². The molecule has 0 radical (unpaired) electrons. The first-order chi connectivity index (χ1) is 16.0. The number of pyridine rings is 1. The minimum Gasteiger partial charge on any atom is -0.512 e. The van der Waals surface area contributed by atoms with Crippen LogP contribution in [0.3, 0.4) is 0 Å². The number of rotatable bonds is 5. The van der Waals surface area contributed by atoms with Gasteiger partial charge in [0, 0.05) is 24.4 Å². The van der Waals surface area contributed by atoms with E-state index in [1.54, 1.807) is 0 Å². The second kappa shape index (κ2) is 9.04. The van der Waals surface area contributed by atoms with Gasteiger partial charge in [-0.2, -0.15) is 5.10 Å². The molecule has 0 fully saturated rings. The molecule has 1 aliphatic rings. The Kier molecular flexibility index (Phi) is 5.80. The van der Waals surface area contributed by atoms with Gasteiger partial charge in [0.15, 0.2) is 0 Å². The zero-order valence-corrected chi connectivity index (χ0v) is 19.1. The maximum atomic E-state index is 9.40. The lowest BCUT2D eigenvalue weighted by Crippen LogP contribution is -2.03. The quantitative estimate of drug-likeness (QED) is 0.328. The average molecular weight is 450 g/mol. The maximum Gasteiger partial charge on any atom is 0.102 e. The predicted molar refractivity (Wildman–Crippen MR) is 140 cm³/mol. The lowest BCUT2D eigenvalue weighted by atomic mass is 9.93. The average Bonchev–Trinajstić information content (AvgIpc) is 3.31. The summed E-state index contributed by atoms with van der Waals surface area (Å²) in [5.74, 6) is 0.572. The van der Waals surface area contributed by atoms with Gasteiger partial charge >= 0.3 is 0 Å². The van der Waals surface area contributed by atoms with Gasteiger partial charge in [0.25, 0.3) is 0 Å². The monoisotopic (exact) mass is 449 g/mol. The molecule has 1 aromatic heterocycles. The van der Waals surface area contributed by atoms with Crippen molar-refractivity contribution >= 4 is 33.3 Å². The van der Waals surface area contributed by atoms with E-state index >= 15 is 0 Å². The fourth-order valence-corrected chi connectivity index (χ4v) is 4.62. The van der Waals surface area contributed by atoms with Crippen molar-refractivity contribution in [3.8, 4) is 22.3 Å². The smallest absolute Gasteiger partial charge is 0.102 e. The van der Waals surface area contributed by atoms with Crippen LogP contribution in [0.1, 0.15) is 17.5 Å². The molecule has 0 unspecified atom stereocenters. The van der Waals surface area contributed by atoms with Crippen molar-refractivity contribution in [1.82, 2.24) is 4.98 Å². The Morgan fingerprint density at radius 2 is 1.61 bits per heavy atom. The minimum absolute atomic E-state index is 0.142. The summed E-state index contributed by atoms with van der Waals surface area (Å²) in [6, 6.07) is 23.7. The number of aliphatic hydroxyl groups excluding tert-OH is 1. The Balaban J connectivity index is 1.56. The van der Waals surface area contributed by atoms with Gasteiger partial charge in [0.05, 0.1) is 17.2 Å². The molecule has 2 heterocycles. The molecule has 0 amide bonds. The molecule has 4 nitrogen and oxygen atoms in total. The molecule has 162 valence electrons. The van der Waals surface area contributed by atoms with Gasteiger partial charge in [-0.05, 0) is 75.8 Å². The highest BCUT2D eigenvalue weighted by molar-refractivity contribution is 8.14. The van der Waals surface area contributed by atoms with Gasteiger partial charge in [-0.15, -0.1) is 16.9 Å². The first-order valence-electron chi connectivity index (χ1n) is 10.7. The lowest BCUT2D eigenvalue weighted by Gasteiger charge is -2.12. The number of fused-ring (bicyclic) bond motifs is 1. The molecule has 0 saturated carbocycles. The van der Waals surface area contributed by atoms with Gasteiger partial charge in [0.2, 0.25) is 0 Å². The molecule has 0 aliphatic carbocycles. The van der Waals surface area contributed by atoms with Crippen LogP contribution >= 0.6 is 11.8 Å². The Labute approximate surface area is 197 Å². The summed E-state index contributed by atoms with van der Waals surface area (Å²) < 4.78 is 0. The fourth-order valence-electron chi connectivity index (χ4n) is 3.95. The van der Waals surface area contributed by atoms with Gasteiger partial charge < -0.3 is 5.11 Å². The SMILES string of the molecule is C=C(O)CSC1=NN=C(c2cc(-c3cncc(C)c3)cc(-c3ccc4ccccc4c3)c2)C1. The van der Waals surface area contributed by atoms with Gasteiger partial charge in [-0.3, -0.25) is 4.98 Å². The molecule has 5 rings (SSSR count). The summed E-state index contributed by atoms with van der Waals surface area (Å²) in [7, 11) is 0. The molecule has 0 saturated heterocycles. The molecule has 33 heavy (non-hydrogen) atoms. The Morgan fingerprint density at radius 3 is 2.39 bits per heavy atom. The van der Waals surface area contributed by atoms with E-state index in [1.807, 2.05) is 12.4 Å². The van der Waals surface area contributed by atoms with E-state index < -0.39 is 0 Å². The summed E-state index contributed by atoms with van der Waals surface area (Å²) in [5, 5.41) is 21.5. The first kappa shape index (κ1) is 21.2. The zero-order valence-electron chi connectivity index (χ0n) is 18.3. The second-order valence-corrected chi connectivity index (χ2v) is 9.23. The van der Waals surface area contributed by atoms with E-state index in [4.69, 9.17) is 0 Å². The topological polar surface area (TPSA) is 57.8 Å². The van der Waals surface area contributed by atoms with Crippen molar-refractivity contribution in [2.24, 2.45) is 10.2 Å².